The van der Waals surface area contributed by atoms with Crippen molar-refractivity contribution in [1.29, 1.82) is 0 Å². The fourth-order valence-corrected chi connectivity index (χ4v) is 2.10. The van der Waals surface area contributed by atoms with Crippen molar-refractivity contribution in [3.8, 4) is 5.75 Å². The molecule has 0 radical (unpaired) electrons. The van der Waals surface area contributed by atoms with Crippen LogP contribution in [-0.2, 0) is 9.59 Å². The van der Waals surface area contributed by atoms with E-state index in [0.717, 1.165) is 5.56 Å². The first-order chi connectivity index (χ1) is 10.5. The SMILES string of the molecule is Cc1ccc(NC(=O)C2(C)Oc3cccnc3NC2=O)cc1. The number of nitrogens with zero attached hydrogens (tertiary/aromatic N) is 1. The molecule has 0 saturated heterocycles. The molecule has 0 fully saturated rings. The number of aromatic nitrogens is 1. The Bertz CT molecular complexity index is 743. The van der Waals surface area contributed by atoms with Crippen LogP contribution >= 0.6 is 0 Å². The van der Waals surface area contributed by atoms with Gasteiger partial charge in [0.25, 0.3) is 17.4 Å². The van der Waals surface area contributed by atoms with Gasteiger partial charge in [0, 0.05) is 11.9 Å². The molecule has 1 atom stereocenters. The number of ether oxygens (including phenoxy) is 1. The van der Waals surface area contributed by atoms with Crippen LogP contribution in [0.2, 0.25) is 0 Å². The van der Waals surface area contributed by atoms with E-state index in [0.29, 0.717) is 17.3 Å². The molecule has 0 bridgehead atoms. The zero-order chi connectivity index (χ0) is 15.7. The molecular weight excluding hydrogens is 282 g/mol. The lowest BCUT2D eigenvalue weighted by Gasteiger charge is -2.32. The topological polar surface area (TPSA) is 80.3 Å². The normalized spacial score (nSPS) is 19.6. The highest BCUT2D eigenvalue weighted by Crippen LogP contribution is 2.32. The van der Waals surface area contributed by atoms with E-state index in [1.807, 2.05) is 19.1 Å². The van der Waals surface area contributed by atoms with Gasteiger partial charge in [-0.2, -0.15) is 0 Å². The van der Waals surface area contributed by atoms with E-state index in [9.17, 15) is 9.59 Å². The number of amides is 2. The van der Waals surface area contributed by atoms with E-state index in [1.54, 1.807) is 24.3 Å². The van der Waals surface area contributed by atoms with Crippen molar-refractivity contribution in [2.45, 2.75) is 19.4 Å². The second-order valence-electron chi connectivity index (χ2n) is 5.26. The van der Waals surface area contributed by atoms with Gasteiger partial charge in [0.05, 0.1) is 0 Å². The highest BCUT2D eigenvalue weighted by Gasteiger charge is 2.47. The highest BCUT2D eigenvalue weighted by atomic mass is 16.5. The average molecular weight is 297 g/mol. The summed E-state index contributed by atoms with van der Waals surface area (Å²) in [7, 11) is 0. The summed E-state index contributed by atoms with van der Waals surface area (Å²) in [4.78, 5) is 28.7. The molecule has 22 heavy (non-hydrogen) atoms. The maximum Gasteiger partial charge on any atom is 0.279 e. The molecule has 3 rings (SSSR count). The van der Waals surface area contributed by atoms with Gasteiger partial charge in [0.1, 0.15) is 0 Å². The van der Waals surface area contributed by atoms with Gasteiger partial charge in [-0.25, -0.2) is 4.98 Å². The van der Waals surface area contributed by atoms with Crippen LogP contribution in [0.4, 0.5) is 11.5 Å². The first kappa shape index (κ1) is 14.1. The second-order valence-corrected chi connectivity index (χ2v) is 5.26. The number of rotatable bonds is 2. The van der Waals surface area contributed by atoms with E-state index >= 15 is 0 Å². The van der Waals surface area contributed by atoms with Crippen LogP contribution < -0.4 is 15.4 Å². The highest BCUT2D eigenvalue weighted by molar-refractivity contribution is 6.18. The summed E-state index contributed by atoms with van der Waals surface area (Å²) >= 11 is 0. The maximum atomic E-state index is 12.5. The Balaban J connectivity index is 1.85. The number of benzene rings is 1. The summed E-state index contributed by atoms with van der Waals surface area (Å²) < 4.78 is 5.60. The van der Waals surface area contributed by atoms with E-state index in [-0.39, 0.29) is 0 Å². The number of aryl methyl sites for hydroxylation is 1. The predicted molar refractivity (Wildman–Crippen MR) is 81.7 cm³/mol. The molecule has 1 aliphatic heterocycles. The molecule has 6 heteroatoms. The molecule has 6 nitrogen and oxygen atoms in total. The van der Waals surface area contributed by atoms with Crippen molar-refractivity contribution in [2.75, 3.05) is 10.6 Å². The molecule has 0 saturated carbocycles. The van der Waals surface area contributed by atoms with Crippen LogP contribution in [0.1, 0.15) is 12.5 Å². The lowest BCUT2D eigenvalue weighted by molar-refractivity contribution is -0.143. The number of carbonyl (C=O) groups is 2. The largest absolute Gasteiger partial charge is 0.464 e. The van der Waals surface area contributed by atoms with Gasteiger partial charge >= 0.3 is 0 Å². The Morgan fingerprint density at radius 2 is 2.00 bits per heavy atom. The molecule has 2 heterocycles. The quantitative estimate of drug-likeness (QED) is 0.832. The van der Waals surface area contributed by atoms with Crippen molar-refractivity contribution in [3.63, 3.8) is 0 Å². The first-order valence-corrected chi connectivity index (χ1v) is 6.83. The summed E-state index contributed by atoms with van der Waals surface area (Å²) in [5, 5.41) is 5.29. The van der Waals surface area contributed by atoms with E-state index in [2.05, 4.69) is 15.6 Å². The fourth-order valence-electron chi connectivity index (χ4n) is 2.10. The molecule has 1 aromatic carbocycles. The van der Waals surface area contributed by atoms with Gasteiger partial charge in [-0.05, 0) is 38.1 Å². The molecule has 2 N–H and O–H groups in total. The molecule has 1 aliphatic rings. The zero-order valence-corrected chi connectivity index (χ0v) is 12.2. The Morgan fingerprint density at radius 3 is 2.73 bits per heavy atom. The lowest BCUT2D eigenvalue weighted by Crippen LogP contribution is -2.56. The molecular formula is C16H15N3O3. The van der Waals surface area contributed by atoms with Crippen LogP contribution in [0.3, 0.4) is 0 Å². The smallest absolute Gasteiger partial charge is 0.279 e. The monoisotopic (exact) mass is 297 g/mol. The van der Waals surface area contributed by atoms with Gasteiger partial charge in [-0.15, -0.1) is 0 Å². The fraction of sp³-hybridized carbons (Fsp3) is 0.188. The van der Waals surface area contributed by atoms with Crippen LogP contribution in [0.25, 0.3) is 0 Å². The summed E-state index contributed by atoms with van der Waals surface area (Å²) in [6, 6.07) is 10.6. The van der Waals surface area contributed by atoms with E-state index in [4.69, 9.17) is 4.74 Å². The third-order valence-corrected chi connectivity index (χ3v) is 3.49. The third-order valence-electron chi connectivity index (χ3n) is 3.49. The van der Waals surface area contributed by atoms with Gasteiger partial charge in [-0.1, -0.05) is 17.7 Å². The lowest BCUT2D eigenvalue weighted by atomic mass is 10.0. The Morgan fingerprint density at radius 1 is 1.27 bits per heavy atom. The Hall–Kier alpha value is -2.89. The average Bonchev–Trinajstić information content (AvgIpc) is 2.50. The maximum absolute atomic E-state index is 12.5. The van der Waals surface area contributed by atoms with Gasteiger partial charge < -0.3 is 15.4 Å². The van der Waals surface area contributed by atoms with Crippen molar-refractivity contribution in [1.82, 2.24) is 4.98 Å². The molecule has 1 aromatic heterocycles. The van der Waals surface area contributed by atoms with Crippen molar-refractivity contribution in [2.24, 2.45) is 0 Å². The van der Waals surface area contributed by atoms with Crippen LogP contribution in [0.5, 0.6) is 5.75 Å². The minimum atomic E-state index is -1.65. The standard InChI is InChI=1S/C16H15N3O3/c1-10-5-7-11(8-6-10)18-14(20)16(2)15(21)19-13-12(22-16)4-3-9-17-13/h3-9H,1-2H3,(H,18,20)(H,17,19,21). The Kier molecular flexibility index (Phi) is 3.29. The van der Waals surface area contributed by atoms with Crippen molar-refractivity contribution < 1.29 is 14.3 Å². The van der Waals surface area contributed by atoms with Crippen molar-refractivity contribution in [3.05, 3.63) is 48.2 Å². The van der Waals surface area contributed by atoms with Crippen LogP contribution in [0.15, 0.2) is 42.6 Å². The number of nitrogens with one attached hydrogen (secondary N) is 2. The number of hydrogen-bond acceptors (Lipinski definition) is 4. The predicted octanol–water partition coefficient (Wildman–Crippen LogP) is 2.12. The summed E-state index contributed by atoms with van der Waals surface area (Å²) in [5.74, 6) is -0.413. The minimum absolute atomic E-state index is 0.313. The van der Waals surface area contributed by atoms with Crippen molar-refractivity contribution >= 4 is 23.3 Å². The van der Waals surface area contributed by atoms with Crippen LogP contribution in [0, 0.1) is 6.92 Å². The molecule has 2 aromatic rings. The van der Waals surface area contributed by atoms with Gasteiger partial charge in [-0.3, -0.25) is 9.59 Å². The second kappa shape index (κ2) is 5.14. The number of carbonyl (C=O) groups excluding carboxylic acids is 2. The number of pyridine rings is 1. The molecule has 112 valence electrons. The molecule has 0 aliphatic carbocycles. The minimum Gasteiger partial charge on any atom is -0.464 e. The molecule has 0 spiro atoms. The Labute approximate surface area is 127 Å². The van der Waals surface area contributed by atoms with Gasteiger partial charge in [0.15, 0.2) is 11.6 Å². The summed E-state index contributed by atoms with van der Waals surface area (Å²) in [6.07, 6.45) is 1.54. The number of hydrogen-bond donors (Lipinski definition) is 2. The third kappa shape index (κ3) is 2.39. The zero-order valence-electron chi connectivity index (χ0n) is 12.2. The number of fused-ring (bicyclic) bond motifs is 1. The summed E-state index contributed by atoms with van der Waals surface area (Å²) in [6.45, 7) is 3.39. The van der Waals surface area contributed by atoms with E-state index < -0.39 is 17.4 Å². The van der Waals surface area contributed by atoms with Gasteiger partial charge in [0.2, 0.25) is 0 Å². The van der Waals surface area contributed by atoms with E-state index in [1.165, 1.54) is 13.1 Å². The molecule has 1 unspecified atom stereocenters. The first-order valence-electron chi connectivity index (χ1n) is 6.83. The number of anilines is 2. The molecule has 2 amide bonds. The summed E-state index contributed by atoms with van der Waals surface area (Å²) in [5.41, 5.74) is 0.0297. The van der Waals surface area contributed by atoms with Crippen LogP contribution in [-0.4, -0.2) is 22.4 Å².